The lowest BCUT2D eigenvalue weighted by atomic mass is 10.2. The standard InChI is InChI=1S/C13H12N2O5/c1-19-12-5-4-10(7-11(12)15(17)18)20-13-9(8-16)3-2-6-14-13/h2-7,16H,8H2,1H3. The molecule has 1 heterocycles. The number of methoxy groups -OCH3 is 1. The van der Waals surface area contributed by atoms with E-state index in [2.05, 4.69) is 4.98 Å². The summed E-state index contributed by atoms with van der Waals surface area (Å²) in [6, 6.07) is 7.53. The Morgan fingerprint density at radius 3 is 2.85 bits per heavy atom. The van der Waals surface area contributed by atoms with Gasteiger partial charge < -0.3 is 14.6 Å². The number of aliphatic hydroxyl groups is 1. The summed E-state index contributed by atoms with van der Waals surface area (Å²) in [4.78, 5) is 14.3. The summed E-state index contributed by atoms with van der Waals surface area (Å²) in [7, 11) is 1.35. The topological polar surface area (TPSA) is 94.7 Å². The van der Waals surface area contributed by atoms with Gasteiger partial charge in [-0.15, -0.1) is 0 Å². The maximum atomic E-state index is 10.9. The van der Waals surface area contributed by atoms with Crippen molar-refractivity contribution >= 4 is 5.69 Å². The van der Waals surface area contributed by atoms with Crippen molar-refractivity contribution in [1.82, 2.24) is 4.98 Å². The molecule has 0 aliphatic rings. The molecule has 0 saturated carbocycles. The van der Waals surface area contributed by atoms with Gasteiger partial charge in [0.05, 0.1) is 24.7 Å². The van der Waals surface area contributed by atoms with E-state index in [-0.39, 0.29) is 29.7 Å². The molecule has 0 bridgehead atoms. The minimum atomic E-state index is -0.558. The average Bonchev–Trinajstić information content (AvgIpc) is 2.47. The van der Waals surface area contributed by atoms with Crippen LogP contribution in [0.15, 0.2) is 36.5 Å². The summed E-state index contributed by atoms with van der Waals surface area (Å²) < 4.78 is 10.4. The van der Waals surface area contributed by atoms with Gasteiger partial charge in [0.2, 0.25) is 5.88 Å². The van der Waals surface area contributed by atoms with Crippen LogP contribution >= 0.6 is 0 Å². The van der Waals surface area contributed by atoms with Gasteiger partial charge in [0, 0.05) is 11.8 Å². The molecular formula is C13H12N2O5. The van der Waals surface area contributed by atoms with Crippen LogP contribution in [-0.2, 0) is 6.61 Å². The highest BCUT2D eigenvalue weighted by atomic mass is 16.6. The molecule has 7 heteroatoms. The number of rotatable bonds is 5. The number of hydrogen-bond acceptors (Lipinski definition) is 6. The molecule has 0 atom stereocenters. The molecule has 0 amide bonds. The van der Waals surface area contributed by atoms with E-state index in [0.717, 1.165) is 0 Å². The third kappa shape index (κ3) is 2.83. The molecule has 7 nitrogen and oxygen atoms in total. The van der Waals surface area contributed by atoms with Crippen LogP contribution in [0, 0.1) is 10.1 Å². The maximum absolute atomic E-state index is 10.9. The van der Waals surface area contributed by atoms with Crippen molar-refractivity contribution < 1.29 is 19.5 Å². The minimum absolute atomic E-state index is 0.144. The number of aromatic nitrogens is 1. The van der Waals surface area contributed by atoms with E-state index in [1.807, 2.05) is 0 Å². The molecule has 0 fully saturated rings. The van der Waals surface area contributed by atoms with Gasteiger partial charge in [-0.1, -0.05) is 0 Å². The predicted molar refractivity (Wildman–Crippen MR) is 69.9 cm³/mol. The summed E-state index contributed by atoms with van der Waals surface area (Å²) in [5, 5.41) is 20.1. The first-order chi connectivity index (χ1) is 9.65. The lowest BCUT2D eigenvalue weighted by Gasteiger charge is -2.09. The van der Waals surface area contributed by atoms with Crippen molar-refractivity contribution in [3.8, 4) is 17.4 Å². The van der Waals surface area contributed by atoms with Crippen LogP contribution in [0.4, 0.5) is 5.69 Å². The summed E-state index contributed by atoms with van der Waals surface area (Å²) in [6.07, 6.45) is 1.51. The summed E-state index contributed by atoms with van der Waals surface area (Å²) in [5.41, 5.74) is 0.289. The van der Waals surface area contributed by atoms with Crippen LogP contribution in [0.1, 0.15) is 5.56 Å². The molecule has 0 spiro atoms. The Balaban J connectivity index is 2.34. The molecule has 1 aromatic heterocycles. The Morgan fingerprint density at radius 1 is 1.40 bits per heavy atom. The maximum Gasteiger partial charge on any atom is 0.314 e. The zero-order chi connectivity index (χ0) is 14.5. The molecule has 0 saturated heterocycles. The highest BCUT2D eigenvalue weighted by Gasteiger charge is 2.16. The number of pyridine rings is 1. The van der Waals surface area contributed by atoms with Gasteiger partial charge in [-0.2, -0.15) is 0 Å². The summed E-state index contributed by atoms with van der Waals surface area (Å²) in [6.45, 7) is -0.235. The van der Waals surface area contributed by atoms with E-state index in [0.29, 0.717) is 5.56 Å². The Bertz CT molecular complexity index is 630. The average molecular weight is 276 g/mol. The molecule has 20 heavy (non-hydrogen) atoms. The molecule has 0 radical (unpaired) electrons. The number of nitrogens with zero attached hydrogens (tertiary/aromatic N) is 2. The van der Waals surface area contributed by atoms with Gasteiger partial charge in [-0.05, 0) is 24.3 Å². The monoisotopic (exact) mass is 276 g/mol. The van der Waals surface area contributed by atoms with Crippen LogP contribution in [0.3, 0.4) is 0 Å². The van der Waals surface area contributed by atoms with Crippen molar-refractivity contribution in [2.75, 3.05) is 7.11 Å². The molecule has 0 aliphatic heterocycles. The van der Waals surface area contributed by atoms with Gasteiger partial charge in [0.1, 0.15) is 5.75 Å². The molecule has 0 aliphatic carbocycles. The molecule has 104 valence electrons. The molecule has 0 unspecified atom stereocenters. The third-order valence-corrected chi connectivity index (χ3v) is 2.58. The minimum Gasteiger partial charge on any atom is -0.490 e. The molecule has 2 rings (SSSR count). The van der Waals surface area contributed by atoms with Crippen molar-refractivity contribution in [2.45, 2.75) is 6.61 Å². The first-order valence-corrected chi connectivity index (χ1v) is 5.70. The first kappa shape index (κ1) is 13.8. The van der Waals surface area contributed by atoms with Crippen LogP contribution in [0.2, 0.25) is 0 Å². The van der Waals surface area contributed by atoms with E-state index in [1.165, 1.54) is 31.5 Å². The fourth-order valence-corrected chi connectivity index (χ4v) is 1.62. The van der Waals surface area contributed by atoms with Crippen molar-refractivity contribution in [1.29, 1.82) is 0 Å². The Hall–Kier alpha value is -2.67. The number of hydrogen-bond donors (Lipinski definition) is 1. The van der Waals surface area contributed by atoms with E-state index in [1.54, 1.807) is 12.1 Å². The number of benzene rings is 1. The summed E-state index contributed by atoms with van der Waals surface area (Å²) >= 11 is 0. The smallest absolute Gasteiger partial charge is 0.314 e. The second-order valence-electron chi connectivity index (χ2n) is 3.82. The molecule has 1 aromatic carbocycles. The largest absolute Gasteiger partial charge is 0.490 e. The molecular weight excluding hydrogens is 264 g/mol. The van der Waals surface area contributed by atoms with Gasteiger partial charge in [-0.3, -0.25) is 10.1 Å². The van der Waals surface area contributed by atoms with E-state index >= 15 is 0 Å². The Kier molecular flexibility index (Phi) is 4.11. The number of aliphatic hydroxyl groups excluding tert-OH is 1. The van der Waals surface area contributed by atoms with Crippen molar-refractivity contribution in [2.24, 2.45) is 0 Å². The van der Waals surface area contributed by atoms with E-state index in [9.17, 15) is 15.2 Å². The SMILES string of the molecule is COc1ccc(Oc2ncccc2CO)cc1[N+](=O)[O-]. The van der Waals surface area contributed by atoms with Crippen LogP contribution in [-0.4, -0.2) is 22.1 Å². The summed E-state index contributed by atoms with van der Waals surface area (Å²) in [5.74, 6) is 0.589. The van der Waals surface area contributed by atoms with Crippen molar-refractivity contribution in [3.05, 3.63) is 52.2 Å². The Morgan fingerprint density at radius 2 is 2.20 bits per heavy atom. The highest BCUT2D eigenvalue weighted by molar-refractivity contribution is 5.51. The van der Waals surface area contributed by atoms with Gasteiger partial charge in [-0.25, -0.2) is 4.98 Å². The van der Waals surface area contributed by atoms with Crippen LogP contribution in [0.5, 0.6) is 17.4 Å². The predicted octanol–water partition coefficient (Wildman–Crippen LogP) is 2.28. The second-order valence-corrected chi connectivity index (χ2v) is 3.82. The van der Waals surface area contributed by atoms with E-state index in [4.69, 9.17) is 9.47 Å². The number of nitro benzene ring substituents is 1. The normalized spacial score (nSPS) is 10.1. The molecule has 2 aromatic rings. The van der Waals surface area contributed by atoms with Gasteiger partial charge >= 0.3 is 5.69 Å². The quantitative estimate of drug-likeness (QED) is 0.665. The third-order valence-electron chi connectivity index (χ3n) is 2.58. The highest BCUT2D eigenvalue weighted by Crippen LogP contribution is 2.33. The van der Waals surface area contributed by atoms with Crippen LogP contribution < -0.4 is 9.47 Å². The second kappa shape index (κ2) is 5.98. The number of ether oxygens (including phenoxy) is 2. The van der Waals surface area contributed by atoms with Crippen molar-refractivity contribution in [3.63, 3.8) is 0 Å². The van der Waals surface area contributed by atoms with E-state index < -0.39 is 4.92 Å². The lowest BCUT2D eigenvalue weighted by molar-refractivity contribution is -0.385. The zero-order valence-electron chi connectivity index (χ0n) is 10.6. The fraction of sp³-hybridized carbons (Fsp3) is 0.154. The van der Waals surface area contributed by atoms with Crippen LogP contribution in [0.25, 0.3) is 0 Å². The Labute approximate surface area is 114 Å². The fourth-order valence-electron chi connectivity index (χ4n) is 1.62. The molecule has 1 N–H and O–H groups in total. The number of nitro groups is 1. The van der Waals surface area contributed by atoms with Gasteiger partial charge in [0.15, 0.2) is 5.75 Å². The zero-order valence-corrected chi connectivity index (χ0v) is 10.6. The first-order valence-electron chi connectivity index (χ1n) is 5.70. The van der Waals surface area contributed by atoms with Gasteiger partial charge in [0.25, 0.3) is 0 Å². The lowest BCUT2D eigenvalue weighted by Crippen LogP contribution is -1.97.